The highest BCUT2D eigenvalue weighted by molar-refractivity contribution is 5.83. The molecule has 5 N–H and O–H groups in total. The van der Waals surface area contributed by atoms with Crippen molar-refractivity contribution in [2.75, 3.05) is 23.4 Å². The summed E-state index contributed by atoms with van der Waals surface area (Å²) in [5, 5.41) is 8.81. The summed E-state index contributed by atoms with van der Waals surface area (Å²) in [5.41, 5.74) is 13.6. The smallest absolute Gasteiger partial charge is 0.307 e. The zero-order valence-electron chi connectivity index (χ0n) is 12.8. The van der Waals surface area contributed by atoms with Gasteiger partial charge in [0.15, 0.2) is 22.8 Å². The Kier molecular flexibility index (Phi) is 3.82. The van der Waals surface area contributed by atoms with Crippen LogP contribution in [0.1, 0.15) is 5.56 Å². The molecule has 0 unspecified atom stereocenters. The van der Waals surface area contributed by atoms with E-state index >= 15 is 0 Å². The SMILES string of the molecule is CN(c1ccc(CC(=O)O)cc1)c1cnc2nc(N)nc(N)c2n1. The predicted octanol–water partition coefficient (Wildman–Crippen LogP) is 0.979. The van der Waals surface area contributed by atoms with E-state index in [1.165, 1.54) is 0 Å². The van der Waals surface area contributed by atoms with E-state index in [2.05, 4.69) is 19.9 Å². The molecule has 9 nitrogen and oxygen atoms in total. The van der Waals surface area contributed by atoms with Crippen molar-refractivity contribution in [2.45, 2.75) is 6.42 Å². The molecule has 3 rings (SSSR count). The van der Waals surface area contributed by atoms with Gasteiger partial charge in [-0.05, 0) is 17.7 Å². The number of nitrogens with zero attached hydrogens (tertiary/aromatic N) is 5. The van der Waals surface area contributed by atoms with Crippen molar-refractivity contribution in [2.24, 2.45) is 0 Å². The molecular formula is C15H15N7O2. The molecule has 0 spiro atoms. The van der Waals surface area contributed by atoms with Crippen molar-refractivity contribution in [3.63, 3.8) is 0 Å². The summed E-state index contributed by atoms with van der Waals surface area (Å²) in [6.45, 7) is 0. The molecule has 0 amide bonds. The second kappa shape index (κ2) is 5.95. The summed E-state index contributed by atoms with van der Waals surface area (Å²) in [6, 6.07) is 7.14. The van der Waals surface area contributed by atoms with E-state index in [1.807, 2.05) is 19.2 Å². The number of carboxylic acid groups (broad SMARTS) is 1. The number of hydrogen-bond donors (Lipinski definition) is 3. The Morgan fingerprint density at radius 2 is 1.88 bits per heavy atom. The van der Waals surface area contributed by atoms with Gasteiger partial charge in [0.1, 0.15) is 0 Å². The molecule has 0 bridgehead atoms. The maximum absolute atomic E-state index is 10.7. The van der Waals surface area contributed by atoms with Gasteiger partial charge in [-0.2, -0.15) is 9.97 Å². The van der Waals surface area contributed by atoms with Crippen molar-refractivity contribution < 1.29 is 9.90 Å². The quantitative estimate of drug-likeness (QED) is 0.639. The molecule has 0 fully saturated rings. The fraction of sp³-hybridized carbons (Fsp3) is 0.133. The average molecular weight is 325 g/mol. The molecule has 122 valence electrons. The third-order valence-corrected chi connectivity index (χ3v) is 3.46. The van der Waals surface area contributed by atoms with Gasteiger partial charge in [-0.25, -0.2) is 9.97 Å². The van der Waals surface area contributed by atoms with Gasteiger partial charge in [-0.1, -0.05) is 12.1 Å². The van der Waals surface area contributed by atoms with Crippen LogP contribution in [0.2, 0.25) is 0 Å². The largest absolute Gasteiger partial charge is 0.481 e. The van der Waals surface area contributed by atoms with Crippen molar-refractivity contribution in [1.29, 1.82) is 0 Å². The highest BCUT2D eigenvalue weighted by atomic mass is 16.4. The summed E-state index contributed by atoms with van der Waals surface area (Å²) >= 11 is 0. The first-order valence-corrected chi connectivity index (χ1v) is 7.04. The monoisotopic (exact) mass is 325 g/mol. The second-order valence-corrected chi connectivity index (χ2v) is 5.16. The number of nitrogen functional groups attached to an aromatic ring is 2. The molecule has 0 aliphatic rings. The minimum atomic E-state index is -0.869. The van der Waals surface area contributed by atoms with E-state index in [1.54, 1.807) is 23.2 Å². The van der Waals surface area contributed by atoms with E-state index < -0.39 is 5.97 Å². The van der Waals surface area contributed by atoms with Gasteiger partial charge in [0.05, 0.1) is 12.6 Å². The van der Waals surface area contributed by atoms with Crippen LogP contribution in [-0.2, 0) is 11.2 Å². The number of nitrogens with two attached hydrogens (primary N) is 2. The maximum Gasteiger partial charge on any atom is 0.307 e. The Morgan fingerprint density at radius 1 is 1.17 bits per heavy atom. The molecule has 0 atom stereocenters. The van der Waals surface area contributed by atoms with Crippen LogP contribution in [0.3, 0.4) is 0 Å². The minimum Gasteiger partial charge on any atom is -0.481 e. The first-order chi connectivity index (χ1) is 11.4. The molecule has 0 aliphatic carbocycles. The van der Waals surface area contributed by atoms with Gasteiger partial charge in [-0.3, -0.25) is 4.79 Å². The molecular weight excluding hydrogens is 310 g/mol. The number of carboxylic acids is 1. The van der Waals surface area contributed by atoms with Gasteiger partial charge in [0.2, 0.25) is 5.95 Å². The highest BCUT2D eigenvalue weighted by Crippen LogP contribution is 2.24. The van der Waals surface area contributed by atoms with Crippen molar-refractivity contribution >= 4 is 40.4 Å². The summed E-state index contributed by atoms with van der Waals surface area (Å²) in [4.78, 5) is 29.0. The Balaban J connectivity index is 1.93. The minimum absolute atomic E-state index is 0.0188. The molecule has 0 saturated carbocycles. The lowest BCUT2D eigenvalue weighted by atomic mass is 10.1. The number of fused-ring (bicyclic) bond motifs is 1. The van der Waals surface area contributed by atoms with Crippen molar-refractivity contribution in [3.8, 4) is 0 Å². The van der Waals surface area contributed by atoms with Gasteiger partial charge in [0, 0.05) is 12.7 Å². The molecule has 1 aromatic carbocycles. The van der Waals surface area contributed by atoms with Crippen LogP contribution in [0.25, 0.3) is 11.2 Å². The number of hydrogen-bond acceptors (Lipinski definition) is 8. The van der Waals surface area contributed by atoms with E-state index in [0.29, 0.717) is 17.0 Å². The molecule has 2 heterocycles. The van der Waals surface area contributed by atoms with Crippen LogP contribution in [0.5, 0.6) is 0 Å². The molecule has 0 aliphatic heterocycles. The van der Waals surface area contributed by atoms with E-state index in [4.69, 9.17) is 16.6 Å². The van der Waals surface area contributed by atoms with Crippen LogP contribution < -0.4 is 16.4 Å². The maximum atomic E-state index is 10.7. The van der Waals surface area contributed by atoms with E-state index in [-0.39, 0.29) is 18.2 Å². The number of rotatable bonds is 4. The number of aliphatic carboxylic acids is 1. The fourth-order valence-electron chi connectivity index (χ4n) is 2.24. The first kappa shape index (κ1) is 15.4. The molecule has 24 heavy (non-hydrogen) atoms. The van der Waals surface area contributed by atoms with E-state index in [0.717, 1.165) is 11.3 Å². The highest BCUT2D eigenvalue weighted by Gasteiger charge is 2.11. The molecule has 2 aromatic heterocycles. The van der Waals surface area contributed by atoms with Gasteiger partial charge >= 0.3 is 5.97 Å². The van der Waals surface area contributed by atoms with Crippen LogP contribution in [0, 0.1) is 0 Å². The molecule has 9 heteroatoms. The summed E-state index contributed by atoms with van der Waals surface area (Å²) < 4.78 is 0. The molecule has 0 radical (unpaired) electrons. The zero-order chi connectivity index (χ0) is 17.3. The van der Waals surface area contributed by atoms with Crippen LogP contribution in [0.4, 0.5) is 23.3 Å². The standard InChI is InChI=1S/C15H15N7O2/c1-22(9-4-2-8(3-5-9)6-11(23)24)10-7-18-14-12(19-10)13(16)20-15(17)21-14/h2-5,7H,6H2,1H3,(H,23,24)(H4,16,17,18,20,21). The summed E-state index contributed by atoms with van der Waals surface area (Å²) in [6.07, 6.45) is 1.54. The lowest BCUT2D eigenvalue weighted by Crippen LogP contribution is -2.13. The predicted molar refractivity (Wildman–Crippen MR) is 89.8 cm³/mol. The lowest BCUT2D eigenvalue weighted by Gasteiger charge is -2.18. The third-order valence-electron chi connectivity index (χ3n) is 3.46. The third kappa shape index (κ3) is 3.00. The summed E-state index contributed by atoms with van der Waals surface area (Å²) in [5.74, 6) is -0.110. The number of anilines is 4. The Bertz CT molecular complexity index is 912. The average Bonchev–Trinajstić information content (AvgIpc) is 2.54. The number of carbonyl (C=O) groups is 1. The van der Waals surface area contributed by atoms with Crippen molar-refractivity contribution in [1.82, 2.24) is 19.9 Å². The van der Waals surface area contributed by atoms with E-state index in [9.17, 15) is 4.79 Å². The normalized spacial score (nSPS) is 10.7. The first-order valence-electron chi connectivity index (χ1n) is 7.04. The van der Waals surface area contributed by atoms with Gasteiger partial charge in [0.25, 0.3) is 0 Å². The zero-order valence-corrected chi connectivity index (χ0v) is 12.8. The topological polar surface area (TPSA) is 144 Å². The Labute approximate surface area is 137 Å². The Hall–Kier alpha value is -3.49. The van der Waals surface area contributed by atoms with Gasteiger partial charge < -0.3 is 21.5 Å². The van der Waals surface area contributed by atoms with Crippen molar-refractivity contribution in [3.05, 3.63) is 36.0 Å². The number of aromatic nitrogens is 4. The Morgan fingerprint density at radius 3 is 2.54 bits per heavy atom. The van der Waals surface area contributed by atoms with Gasteiger partial charge in [-0.15, -0.1) is 0 Å². The number of benzene rings is 1. The summed E-state index contributed by atoms with van der Waals surface area (Å²) in [7, 11) is 1.82. The molecule has 0 saturated heterocycles. The van der Waals surface area contributed by atoms with Crippen LogP contribution in [-0.4, -0.2) is 38.1 Å². The lowest BCUT2D eigenvalue weighted by molar-refractivity contribution is -0.136. The van der Waals surface area contributed by atoms with Crippen LogP contribution in [0.15, 0.2) is 30.5 Å². The van der Waals surface area contributed by atoms with Crippen LogP contribution >= 0.6 is 0 Å². The second-order valence-electron chi connectivity index (χ2n) is 5.16. The molecule has 3 aromatic rings. The fourth-order valence-corrected chi connectivity index (χ4v) is 2.24.